The summed E-state index contributed by atoms with van der Waals surface area (Å²) in [4.78, 5) is 10.4. The monoisotopic (exact) mass is 322 g/mol. The normalized spacial score (nSPS) is 19.7. The second-order valence-corrected chi connectivity index (χ2v) is 6.32. The van der Waals surface area contributed by atoms with Gasteiger partial charge in [-0.1, -0.05) is 68.6 Å². The van der Waals surface area contributed by atoms with E-state index >= 15 is 0 Å². The third-order valence-electron chi connectivity index (χ3n) is 4.19. The number of aliphatic carboxylic acids is 1. The van der Waals surface area contributed by atoms with Gasteiger partial charge in [-0.05, 0) is 25.2 Å². The molecule has 0 amide bonds. The number of hydrogen-bond acceptors (Lipinski definition) is 3. The summed E-state index contributed by atoms with van der Waals surface area (Å²) in [6.07, 6.45) is 17.9. The molecule has 130 valence electrons. The zero-order valence-corrected chi connectivity index (χ0v) is 13.8. The third kappa shape index (κ3) is 10.9. The van der Waals surface area contributed by atoms with Gasteiger partial charge in [-0.2, -0.15) is 0 Å². The van der Waals surface area contributed by atoms with E-state index in [0.717, 1.165) is 6.42 Å². The molecular weight excluding hydrogens is 292 g/mol. The summed E-state index contributed by atoms with van der Waals surface area (Å²) in [6, 6.07) is 0. The molecule has 1 fully saturated rings. The lowest BCUT2D eigenvalue weighted by molar-refractivity contribution is -0.137. The molecule has 0 heterocycles. The summed E-state index contributed by atoms with van der Waals surface area (Å²) in [7, 11) is 0. The molecule has 1 rings (SSSR count). The van der Waals surface area contributed by atoms with Gasteiger partial charge in [0.15, 0.2) is 0 Å². The lowest BCUT2D eigenvalue weighted by Crippen LogP contribution is -2.14. The molecule has 0 saturated heterocycles. The van der Waals surface area contributed by atoms with Crippen molar-refractivity contribution in [2.45, 2.75) is 70.0 Å². The minimum atomic E-state index is -0.835. The van der Waals surface area contributed by atoms with Gasteiger partial charge in [0.25, 0.3) is 0 Å². The maximum absolute atomic E-state index is 10.4. The van der Waals surface area contributed by atoms with E-state index in [1.807, 2.05) is 18.2 Å². The molecular formula is C19H30O4. The fourth-order valence-corrected chi connectivity index (χ4v) is 2.91. The van der Waals surface area contributed by atoms with Crippen LogP contribution in [0.25, 0.3) is 0 Å². The van der Waals surface area contributed by atoms with Gasteiger partial charge in [0.1, 0.15) is 0 Å². The first kappa shape index (κ1) is 19.7. The number of carbonyl (C=O) groups is 1. The zero-order chi connectivity index (χ0) is 16.9. The summed E-state index contributed by atoms with van der Waals surface area (Å²) in [5.41, 5.74) is 0. The smallest absolute Gasteiger partial charge is 0.303 e. The number of aliphatic hydroxyl groups excluding tert-OH is 2. The molecule has 2 unspecified atom stereocenters. The van der Waals surface area contributed by atoms with Crippen molar-refractivity contribution in [2.24, 2.45) is 5.92 Å². The number of hydrogen-bond donors (Lipinski definition) is 3. The van der Waals surface area contributed by atoms with E-state index in [0.29, 0.717) is 18.8 Å². The minimum Gasteiger partial charge on any atom is -0.481 e. The second kappa shape index (κ2) is 12.1. The Balaban J connectivity index is 2.15. The minimum absolute atomic E-state index is 0.0857. The van der Waals surface area contributed by atoms with E-state index in [9.17, 15) is 15.0 Å². The van der Waals surface area contributed by atoms with Crippen LogP contribution in [0.15, 0.2) is 36.5 Å². The highest BCUT2D eigenvalue weighted by atomic mass is 16.4. The molecule has 2 atom stereocenters. The SMILES string of the molecule is O=C(O)CCCC(O)/C=C/C=C/C=C/C(O)CC1CCCCC1. The number of carboxylic acid groups (broad SMARTS) is 1. The van der Waals surface area contributed by atoms with Crippen LogP contribution in [0.2, 0.25) is 0 Å². The zero-order valence-electron chi connectivity index (χ0n) is 13.8. The van der Waals surface area contributed by atoms with Crippen molar-refractivity contribution in [1.82, 2.24) is 0 Å². The summed E-state index contributed by atoms with van der Waals surface area (Å²) in [5.74, 6) is -0.175. The van der Waals surface area contributed by atoms with E-state index in [-0.39, 0.29) is 12.5 Å². The van der Waals surface area contributed by atoms with Crippen LogP contribution in [0.1, 0.15) is 57.8 Å². The van der Waals surface area contributed by atoms with Gasteiger partial charge in [0.2, 0.25) is 0 Å². The number of rotatable bonds is 10. The van der Waals surface area contributed by atoms with Gasteiger partial charge in [-0.15, -0.1) is 0 Å². The van der Waals surface area contributed by atoms with Gasteiger partial charge >= 0.3 is 5.97 Å². The summed E-state index contributed by atoms with van der Waals surface area (Å²) >= 11 is 0. The van der Waals surface area contributed by atoms with Crippen molar-refractivity contribution < 1.29 is 20.1 Å². The van der Waals surface area contributed by atoms with E-state index < -0.39 is 12.1 Å². The molecule has 0 aromatic heterocycles. The average molecular weight is 322 g/mol. The Hall–Kier alpha value is -1.39. The molecule has 0 bridgehead atoms. The Morgan fingerprint density at radius 2 is 1.57 bits per heavy atom. The van der Waals surface area contributed by atoms with Crippen LogP contribution in [0.4, 0.5) is 0 Å². The largest absolute Gasteiger partial charge is 0.481 e. The number of aliphatic hydroxyl groups is 2. The highest BCUT2D eigenvalue weighted by Crippen LogP contribution is 2.27. The van der Waals surface area contributed by atoms with E-state index in [2.05, 4.69) is 0 Å². The van der Waals surface area contributed by atoms with Crippen molar-refractivity contribution >= 4 is 5.97 Å². The van der Waals surface area contributed by atoms with Gasteiger partial charge in [0, 0.05) is 6.42 Å². The van der Waals surface area contributed by atoms with Crippen molar-refractivity contribution in [3.63, 3.8) is 0 Å². The van der Waals surface area contributed by atoms with Gasteiger partial charge in [-0.3, -0.25) is 4.79 Å². The fourth-order valence-electron chi connectivity index (χ4n) is 2.91. The Kier molecular flexibility index (Phi) is 10.3. The molecule has 4 heteroatoms. The predicted octanol–water partition coefficient (Wildman–Crippen LogP) is 3.60. The Morgan fingerprint density at radius 1 is 0.957 bits per heavy atom. The van der Waals surface area contributed by atoms with Crippen LogP contribution in [-0.4, -0.2) is 33.5 Å². The molecule has 23 heavy (non-hydrogen) atoms. The maximum atomic E-state index is 10.4. The number of allylic oxidation sites excluding steroid dienone is 4. The van der Waals surface area contributed by atoms with Crippen molar-refractivity contribution in [3.05, 3.63) is 36.5 Å². The lowest BCUT2D eigenvalue weighted by Gasteiger charge is -2.22. The van der Waals surface area contributed by atoms with Crippen LogP contribution in [0.5, 0.6) is 0 Å². The summed E-state index contributed by atoms with van der Waals surface area (Å²) in [6.45, 7) is 0. The number of carboxylic acids is 1. The Labute approximate surface area is 139 Å². The Morgan fingerprint density at radius 3 is 2.17 bits per heavy atom. The summed E-state index contributed by atoms with van der Waals surface area (Å²) < 4.78 is 0. The van der Waals surface area contributed by atoms with Crippen LogP contribution in [0, 0.1) is 5.92 Å². The van der Waals surface area contributed by atoms with E-state index in [1.165, 1.54) is 32.1 Å². The van der Waals surface area contributed by atoms with Crippen molar-refractivity contribution in [2.75, 3.05) is 0 Å². The molecule has 0 aliphatic heterocycles. The topological polar surface area (TPSA) is 77.8 Å². The standard InChI is InChI=1S/C19H30O4/c20-17(13-8-14-19(22)23)11-6-1-2-7-12-18(21)15-16-9-4-3-5-10-16/h1-2,6-7,11-12,16-18,20-21H,3-5,8-10,13-15H2,(H,22,23)/b2-1+,11-6+,12-7+. The highest BCUT2D eigenvalue weighted by Gasteiger charge is 2.15. The molecule has 0 radical (unpaired) electrons. The van der Waals surface area contributed by atoms with Crippen LogP contribution >= 0.6 is 0 Å². The molecule has 0 aromatic carbocycles. The van der Waals surface area contributed by atoms with Crippen LogP contribution in [0.3, 0.4) is 0 Å². The molecule has 4 nitrogen and oxygen atoms in total. The molecule has 3 N–H and O–H groups in total. The first-order valence-corrected chi connectivity index (χ1v) is 8.67. The van der Waals surface area contributed by atoms with Crippen LogP contribution < -0.4 is 0 Å². The molecule has 1 aliphatic rings. The first-order chi connectivity index (χ1) is 11.1. The lowest BCUT2D eigenvalue weighted by atomic mass is 9.85. The molecule has 0 aromatic rings. The highest BCUT2D eigenvalue weighted by molar-refractivity contribution is 5.66. The van der Waals surface area contributed by atoms with Gasteiger partial charge < -0.3 is 15.3 Å². The average Bonchev–Trinajstić information content (AvgIpc) is 2.51. The first-order valence-electron chi connectivity index (χ1n) is 8.67. The summed E-state index contributed by atoms with van der Waals surface area (Å²) in [5, 5.41) is 28.1. The predicted molar refractivity (Wildman–Crippen MR) is 92.1 cm³/mol. The van der Waals surface area contributed by atoms with Crippen molar-refractivity contribution in [1.29, 1.82) is 0 Å². The fraction of sp³-hybridized carbons (Fsp3) is 0.632. The maximum Gasteiger partial charge on any atom is 0.303 e. The van der Waals surface area contributed by atoms with E-state index in [1.54, 1.807) is 18.2 Å². The molecule has 1 saturated carbocycles. The van der Waals surface area contributed by atoms with Crippen LogP contribution in [-0.2, 0) is 4.79 Å². The molecule has 1 aliphatic carbocycles. The van der Waals surface area contributed by atoms with Gasteiger partial charge in [0.05, 0.1) is 12.2 Å². The third-order valence-corrected chi connectivity index (χ3v) is 4.19. The van der Waals surface area contributed by atoms with Gasteiger partial charge in [-0.25, -0.2) is 0 Å². The second-order valence-electron chi connectivity index (χ2n) is 6.32. The Bertz CT molecular complexity index is 406. The quantitative estimate of drug-likeness (QED) is 0.537. The molecule has 0 spiro atoms. The van der Waals surface area contributed by atoms with E-state index in [4.69, 9.17) is 5.11 Å². The van der Waals surface area contributed by atoms with Crippen molar-refractivity contribution in [3.8, 4) is 0 Å².